The summed E-state index contributed by atoms with van der Waals surface area (Å²) in [5.41, 5.74) is 12.4. The van der Waals surface area contributed by atoms with E-state index in [1.54, 1.807) is 30.3 Å². The first-order chi connectivity index (χ1) is 14.5. The molecule has 0 heterocycles. The summed E-state index contributed by atoms with van der Waals surface area (Å²) in [4.78, 5) is 27.9. The summed E-state index contributed by atoms with van der Waals surface area (Å²) in [7, 11) is 0. The number of amides is 2. The Balaban J connectivity index is 1.94. The van der Waals surface area contributed by atoms with Crippen molar-refractivity contribution in [3.63, 3.8) is 0 Å². The van der Waals surface area contributed by atoms with Gasteiger partial charge in [0.1, 0.15) is 0 Å². The molecular formula is C23H25N5O2. The van der Waals surface area contributed by atoms with E-state index in [0.717, 1.165) is 10.8 Å². The largest absolute Gasteiger partial charge is 0.370 e. The van der Waals surface area contributed by atoms with Crippen LogP contribution in [0.25, 0.3) is 10.8 Å². The zero-order chi connectivity index (χ0) is 21.5. The fraction of sp³-hybridized carbons (Fsp3) is 0.174. The molecule has 0 unspecified atom stereocenters. The molecule has 7 nitrogen and oxygen atoms in total. The van der Waals surface area contributed by atoms with Crippen LogP contribution in [0.4, 0.5) is 5.69 Å². The molecule has 0 saturated heterocycles. The summed E-state index contributed by atoms with van der Waals surface area (Å²) < 4.78 is 0. The van der Waals surface area contributed by atoms with Gasteiger partial charge in [-0.05, 0) is 36.4 Å². The molecule has 0 aliphatic carbocycles. The van der Waals surface area contributed by atoms with Crippen LogP contribution in [0.3, 0.4) is 0 Å². The van der Waals surface area contributed by atoms with E-state index in [9.17, 15) is 9.59 Å². The molecule has 0 radical (unpaired) electrons. The van der Waals surface area contributed by atoms with E-state index in [2.05, 4.69) is 5.32 Å². The van der Waals surface area contributed by atoms with Gasteiger partial charge in [-0.3, -0.25) is 15.0 Å². The van der Waals surface area contributed by atoms with Crippen molar-refractivity contribution in [2.24, 2.45) is 11.5 Å². The molecule has 0 aromatic heterocycles. The number of nitrogens with one attached hydrogen (secondary N) is 2. The minimum absolute atomic E-state index is 0.133. The lowest BCUT2D eigenvalue weighted by atomic mass is 10.0. The average Bonchev–Trinajstić information content (AvgIpc) is 2.77. The van der Waals surface area contributed by atoms with Gasteiger partial charge < -0.3 is 16.8 Å². The first kappa shape index (κ1) is 21.0. The number of hydrogen-bond donors (Lipinski definition) is 4. The topological polar surface area (TPSA) is 125 Å². The van der Waals surface area contributed by atoms with Gasteiger partial charge in [0.25, 0.3) is 11.8 Å². The van der Waals surface area contributed by atoms with Crippen LogP contribution in [0, 0.1) is 5.41 Å². The Kier molecular flexibility index (Phi) is 6.77. The Morgan fingerprint density at radius 1 is 0.967 bits per heavy atom. The fourth-order valence-electron chi connectivity index (χ4n) is 3.28. The van der Waals surface area contributed by atoms with E-state index in [1.807, 2.05) is 42.5 Å². The van der Waals surface area contributed by atoms with Crippen LogP contribution in [0.15, 0.2) is 72.8 Å². The quantitative estimate of drug-likeness (QED) is 0.274. The van der Waals surface area contributed by atoms with Crippen LogP contribution < -0.4 is 21.7 Å². The Bertz CT molecular complexity index is 1050. The summed E-state index contributed by atoms with van der Waals surface area (Å²) in [6.07, 6.45) is 0.887. The number of guanidine groups is 1. The lowest BCUT2D eigenvalue weighted by Gasteiger charge is -2.25. The molecule has 3 rings (SSSR count). The fourth-order valence-corrected chi connectivity index (χ4v) is 3.28. The molecule has 0 spiro atoms. The van der Waals surface area contributed by atoms with Crippen LogP contribution in [0.2, 0.25) is 0 Å². The summed E-state index contributed by atoms with van der Waals surface area (Å²) in [6.45, 7) is 0.428. The first-order valence-electron chi connectivity index (χ1n) is 9.73. The molecule has 0 fully saturated rings. The average molecular weight is 403 g/mol. The Morgan fingerprint density at radius 2 is 1.63 bits per heavy atom. The lowest BCUT2D eigenvalue weighted by Crippen LogP contribution is -2.47. The van der Waals surface area contributed by atoms with Crippen molar-refractivity contribution in [1.82, 2.24) is 5.32 Å². The Hall–Kier alpha value is -3.71. The molecular weight excluding hydrogens is 378 g/mol. The predicted octanol–water partition coefficient (Wildman–Crippen LogP) is 2.60. The molecule has 3 aromatic carbocycles. The number of fused-ring (bicyclic) bond motifs is 1. The van der Waals surface area contributed by atoms with Crippen LogP contribution in [-0.2, 0) is 4.79 Å². The molecule has 0 bridgehead atoms. The minimum Gasteiger partial charge on any atom is -0.370 e. The normalized spacial score (nSPS) is 11.6. The number of rotatable bonds is 7. The van der Waals surface area contributed by atoms with Gasteiger partial charge in [-0.25, -0.2) is 4.90 Å². The molecule has 154 valence electrons. The highest BCUT2D eigenvalue weighted by molar-refractivity contribution is 6.25. The van der Waals surface area contributed by atoms with E-state index in [-0.39, 0.29) is 5.96 Å². The molecule has 7 heteroatoms. The monoisotopic (exact) mass is 403 g/mol. The maximum absolute atomic E-state index is 13.3. The SMILES string of the molecule is N=C(N)NCCC[C@H](N)C(=O)N(C(=O)c1ccccc1)c1cccc2ccccc12. The maximum atomic E-state index is 13.3. The molecule has 3 aromatic rings. The molecule has 30 heavy (non-hydrogen) atoms. The van der Waals surface area contributed by atoms with Gasteiger partial charge in [-0.15, -0.1) is 0 Å². The Labute approximate surface area is 175 Å². The Morgan fingerprint density at radius 3 is 2.37 bits per heavy atom. The third-order valence-electron chi connectivity index (χ3n) is 4.78. The van der Waals surface area contributed by atoms with Gasteiger partial charge in [0, 0.05) is 17.5 Å². The van der Waals surface area contributed by atoms with Gasteiger partial charge >= 0.3 is 0 Å². The number of benzene rings is 3. The third kappa shape index (κ3) is 4.82. The number of nitrogens with zero attached hydrogens (tertiary/aromatic N) is 1. The van der Waals surface area contributed by atoms with E-state index < -0.39 is 17.9 Å². The zero-order valence-electron chi connectivity index (χ0n) is 16.5. The van der Waals surface area contributed by atoms with Gasteiger partial charge in [-0.2, -0.15) is 0 Å². The predicted molar refractivity (Wildman–Crippen MR) is 119 cm³/mol. The van der Waals surface area contributed by atoms with Crippen LogP contribution in [0.1, 0.15) is 23.2 Å². The van der Waals surface area contributed by atoms with Gasteiger partial charge in [0.2, 0.25) is 0 Å². The first-order valence-corrected chi connectivity index (χ1v) is 9.73. The molecule has 0 aliphatic heterocycles. The summed E-state index contributed by atoms with van der Waals surface area (Å²) in [5.74, 6) is -1.02. The van der Waals surface area contributed by atoms with E-state index in [0.29, 0.717) is 30.6 Å². The van der Waals surface area contributed by atoms with E-state index in [4.69, 9.17) is 16.9 Å². The van der Waals surface area contributed by atoms with Crippen molar-refractivity contribution in [3.8, 4) is 0 Å². The van der Waals surface area contributed by atoms with Crippen molar-refractivity contribution < 1.29 is 9.59 Å². The summed E-state index contributed by atoms with van der Waals surface area (Å²) >= 11 is 0. The van der Waals surface area contributed by atoms with Gasteiger partial charge in [0.05, 0.1) is 11.7 Å². The van der Waals surface area contributed by atoms with Gasteiger partial charge in [-0.1, -0.05) is 54.6 Å². The number of anilines is 1. The standard InChI is InChI=1S/C23H25N5O2/c24-19(13-7-15-27-23(25)26)22(30)28(21(29)17-9-2-1-3-10-17)20-14-6-11-16-8-4-5-12-18(16)20/h1-6,8-12,14,19H,7,13,15,24H2,(H4,25,26,27)/t19-/m0/s1. The highest BCUT2D eigenvalue weighted by Gasteiger charge is 2.29. The molecule has 2 amide bonds. The lowest BCUT2D eigenvalue weighted by molar-refractivity contribution is -0.119. The third-order valence-corrected chi connectivity index (χ3v) is 4.78. The van der Waals surface area contributed by atoms with Crippen molar-refractivity contribution >= 4 is 34.2 Å². The number of carbonyl (C=O) groups excluding carboxylic acids is 2. The highest BCUT2D eigenvalue weighted by atomic mass is 16.2. The van der Waals surface area contributed by atoms with Crippen molar-refractivity contribution in [1.29, 1.82) is 5.41 Å². The van der Waals surface area contributed by atoms with Crippen molar-refractivity contribution in [2.45, 2.75) is 18.9 Å². The summed E-state index contributed by atoms with van der Waals surface area (Å²) in [5, 5.41) is 11.6. The van der Waals surface area contributed by atoms with E-state index in [1.165, 1.54) is 4.90 Å². The van der Waals surface area contributed by atoms with Gasteiger partial charge in [0.15, 0.2) is 5.96 Å². The maximum Gasteiger partial charge on any atom is 0.265 e. The smallest absolute Gasteiger partial charge is 0.265 e. The van der Waals surface area contributed by atoms with Crippen LogP contribution >= 0.6 is 0 Å². The van der Waals surface area contributed by atoms with Crippen molar-refractivity contribution in [2.75, 3.05) is 11.4 Å². The zero-order valence-corrected chi connectivity index (χ0v) is 16.5. The highest BCUT2D eigenvalue weighted by Crippen LogP contribution is 2.28. The number of nitrogens with two attached hydrogens (primary N) is 2. The number of carbonyl (C=O) groups is 2. The van der Waals surface area contributed by atoms with Crippen LogP contribution in [0.5, 0.6) is 0 Å². The van der Waals surface area contributed by atoms with E-state index >= 15 is 0 Å². The minimum atomic E-state index is -0.870. The molecule has 0 aliphatic rings. The number of imide groups is 1. The number of hydrogen-bond acceptors (Lipinski definition) is 4. The second-order valence-corrected chi connectivity index (χ2v) is 6.93. The molecule has 1 atom stereocenters. The van der Waals surface area contributed by atoms with Crippen LogP contribution in [-0.4, -0.2) is 30.4 Å². The second-order valence-electron chi connectivity index (χ2n) is 6.93. The summed E-state index contributed by atoms with van der Waals surface area (Å²) in [6, 6.07) is 20.9. The van der Waals surface area contributed by atoms with Crippen molar-refractivity contribution in [3.05, 3.63) is 78.4 Å². The molecule has 0 saturated carbocycles. The second kappa shape index (κ2) is 9.67. The molecule has 6 N–H and O–H groups in total.